The van der Waals surface area contributed by atoms with Gasteiger partial charge in [-0.15, -0.1) is 11.3 Å². The summed E-state index contributed by atoms with van der Waals surface area (Å²) < 4.78 is 1.25. The first-order chi connectivity index (χ1) is 9.06. The quantitative estimate of drug-likeness (QED) is 0.849. The fourth-order valence-electron chi connectivity index (χ4n) is 2.09. The number of nitrogens with one attached hydrogen (secondary N) is 1. The summed E-state index contributed by atoms with van der Waals surface area (Å²) in [6.45, 7) is 4.69. The smallest absolute Gasteiger partial charge is 0.320 e. The van der Waals surface area contributed by atoms with Gasteiger partial charge in [0.1, 0.15) is 6.04 Å². The zero-order valence-electron chi connectivity index (χ0n) is 11.2. The van der Waals surface area contributed by atoms with Crippen molar-refractivity contribution in [2.75, 3.05) is 0 Å². The van der Waals surface area contributed by atoms with Gasteiger partial charge >= 0.3 is 5.97 Å². The second-order valence-corrected chi connectivity index (χ2v) is 6.32. The van der Waals surface area contributed by atoms with E-state index in [1.54, 1.807) is 11.3 Å². The van der Waals surface area contributed by atoms with Crippen LogP contribution in [-0.4, -0.2) is 17.1 Å². The summed E-state index contributed by atoms with van der Waals surface area (Å²) in [4.78, 5) is 12.3. The molecule has 3 nitrogen and oxygen atoms in total. The molecule has 0 spiro atoms. The van der Waals surface area contributed by atoms with Gasteiger partial charge in [0, 0.05) is 16.1 Å². The van der Waals surface area contributed by atoms with E-state index in [4.69, 9.17) is 0 Å². The lowest BCUT2D eigenvalue weighted by molar-refractivity contribution is -0.139. The minimum absolute atomic E-state index is 0.371. The maximum absolute atomic E-state index is 11.2. The fraction of sp³-hybridized carbons (Fsp3) is 0.400. The zero-order valence-corrected chi connectivity index (χ0v) is 12.0. The van der Waals surface area contributed by atoms with Crippen molar-refractivity contribution in [3.05, 3.63) is 35.2 Å². The molecule has 2 rings (SSSR count). The van der Waals surface area contributed by atoms with Crippen molar-refractivity contribution in [2.45, 2.75) is 32.9 Å². The van der Waals surface area contributed by atoms with E-state index in [2.05, 4.69) is 23.5 Å². The first-order valence-electron chi connectivity index (χ1n) is 6.50. The van der Waals surface area contributed by atoms with E-state index in [0.29, 0.717) is 18.9 Å². The molecule has 19 heavy (non-hydrogen) atoms. The molecule has 1 atom stereocenters. The fourth-order valence-corrected chi connectivity index (χ4v) is 3.11. The molecule has 0 aliphatic heterocycles. The molecule has 0 amide bonds. The lowest BCUT2D eigenvalue weighted by Crippen LogP contribution is -2.37. The molecule has 2 N–H and O–H groups in total. The van der Waals surface area contributed by atoms with Gasteiger partial charge in [0.15, 0.2) is 0 Å². The Kier molecular flexibility index (Phi) is 4.56. The van der Waals surface area contributed by atoms with Crippen molar-refractivity contribution in [1.29, 1.82) is 0 Å². The number of carboxylic acids is 1. The third-order valence-corrected chi connectivity index (χ3v) is 4.12. The van der Waals surface area contributed by atoms with Crippen LogP contribution >= 0.6 is 11.3 Å². The van der Waals surface area contributed by atoms with Crippen molar-refractivity contribution >= 4 is 27.4 Å². The number of hydrogen-bond acceptors (Lipinski definition) is 3. The third-order valence-electron chi connectivity index (χ3n) is 3.00. The molecule has 2 aromatic rings. The molecule has 0 radical (unpaired) electrons. The molecule has 1 aromatic carbocycles. The van der Waals surface area contributed by atoms with Crippen molar-refractivity contribution in [1.82, 2.24) is 5.32 Å². The van der Waals surface area contributed by atoms with Crippen LogP contribution in [0, 0.1) is 5.92 Å². The van der Waals surface area contributed by atoms with Gasteiger partial charge in [-0.3, -0.25) is 10.1 Å². The van der Waals surface area contributed by atoms with Gasteiger partial charge in [-0.05, 0) is 29.9 Å². The van der Waals surface area contributed by atoms with Crippen molar-refractivity contribution in [3.8, 4) is 0 Å². The third kappa shape index (κ3) is 3.78. The number of aliphatic carboxylic acids is 1. The lowest BCUT2D eigenvalue weighted by Gasteiger charge is -2.15. The Balaban J connectivity index is 2.02. The van der Waals surface area contributed by atoms with Crippen LogP contribution in [0.5, 0.6) is 0 Å². The van der Waals surface area contributed by atoms with E-state index in [1.807, 2.05) is 26.0 Å². The number of carboxylic acid groups (broad SMARTS) is 1. The normalized spacial score (nSPS) is 13.0. The highest BCUT2D eigenvalue weighted by Gasteiger charge is 2.18. The van der Waals surface area contributed by atoms with Gasteiger partial charge in [0.2, 0.25) is 0 Å². The van der Waals surface area contributed by atoms with Crippen LogP contribution in [0.25, 0.3) is 10.1 Å². The van der Waals surface area contributed by atoms with Crippen molar-refractivity contribution in [2.24, 2.45) is 5.92 Å². The minimum Gasteiger partial charge on any atom is -0.480 e. The van der Waals surface area contributed by atoms with Crippen LogP contribution < -0.4 is 5.32 Å². The number of thiophene rings is 1. The largest absolute Gasteiger partial charge is 0.480 e. The van der Waals surface area contributed by atoms with Crippen molar-refractivity contribution < 1.29 is 9.90 Å². The highest BCUT2D eigenvalue weighted by atomic mass is 32.1. The number of rotatable bonds is 6. The van der Waals surface area contributed by atoms with E-state index >= 15 is 0 Å². The predicted molar refractivity (Wildman–Crippen MR) is 79.5 cm³/mol. The molecule has 102 valence electrons. The molecule has 0 fully saturated rings. The second kappa shape index (κ2) is 6.17. The summed E-state index contributed by atoms with van der Waals surface area (Å²) in [5.41, 5.74) is 0. The Hall–Kier alpha value is -1.39. The number of carbonyl (C=O) groups is 1. The maximum atomic E-state index is 11.2. The molecule has 0 bridgehead atoms. The summed E-state index contributed by atoms with van der Waals surface area (Å²) in [5, 5.41) is 13.5. The Labute approximate surface area is 117 Å². The van der Waals surface area contributed by atoms with E-state index in [0.717, 1.165) is 0 Å². The average Bonchev–Trinajstić information content (AvgIpc) is 2.76. The average molecular weight is 277 g/mol. The Morgan fingerprint density at radius 2 is 2.11 bits per heavy atom. The SMILES string of the molecule is CC(C)C[C@H](NCc1cc2ccccc2s1)C(=O)O. The van der Waals surface area contributed by atoms with Crippen LogP contribution in [0.3, 0.4) is 0 Å². The molecule has 0 unspecified atom stereocenters. The maximum Gasteiger partial charge on any atom is 0.320 e. The molecule has 0 saturated carbocycles. The van der Waals surface area contributed by atoms with Crippen LogP contribution in [0.4, 0.5) is 0 Å². The Morgan fingerprint density at radius 1 is 1.37 bits per heavy atom. The van der Waals surface area contributed by atoms with Crippen LogP contribution in [0.15, 0.2) is 30.3 Å². The highest BCUT2D eigenvalue weighted by molar-refractivity contribution is 7.19. The van der Waals surface area contributed by atoms with Gasteiger partial charge in [0.25, 0.3) is 0 Å². The first-order valence-corrected chi connectivity index (χ1v) is 7.31. The number of hydrogen-bond donors (Lipinski definition) is 2. The Bertz CT molecular complexity index is 529. The lowest BCUT2D eigenvalue weighted by atomic mass is 10.0. The second-order valence-electron chi connectivity index (χ2n) is 5.15. The minimum atomic E-state index is -0.769. The topological polar surface area (TPSA) is 49.3 Å². The summed E-state index contributed by atoms with van der Waals surface area (Å²) in [5.74, 6) is -0.397. The number of fused-ring (bicyclic) bond motifs is 1. The first kappa shape index (κ1) is 14.0. The molecule has 0 aliphatic carbocycles. The van der Waals surface area contributed by atoms with Crippen LogP contribution in [0.1, 0.15) is 25.1 Å². The zero-order chi connectivity index (χ0) is 13.8. The number of benzene rings is 1. The van der Waals surface area contributed by atoms with Gasteiger partial charge in [-0.2, -0.15) is 0 Å². The Morgan fingerprint density at radius 3 is 2.74 bits per heavy atom. The molecule has 1 aromatic heterocycles. The predicted octanol–water partition coefficient (Wildman–Crippen LogP) is 3.49. The molecule has 1 heterocycles. The van der Waals surface area contributed by atoms with Gasteiger partial charge in [0.05, 0.1) is 0 Å². The van der Waals surface area contributed by atoms with Gasteiger partial charge in [-0.1, -0.05) is 32.0 Å². The van der Waals surface area contributed by atoms with Gasteiger partial charge in [-0.25, -0.2) is 0 Å². The van der Waals surface area contributed by atoms with Crippen molar-refractivity contribution in [3.63, 3.8) is 0 Å². The molecular weight excluding hydrogens is 258 g/mol. The standard InChI is InChI=1S/C15H19NO2S/c1-10(2)7-13(15(17)18)16-9-12-8-11-5-3-4-6-14(11)19-12/h3-6,8,10,13,16H,7,9H2,1-2H3,(H,17,18)/t13-/m0/s1. The van der Waals surface area contributed by atoms with Crippen LogP contribution in [0.2, 0.25) is 0 Å². The van der Waals surface area contributed by atoms with E-state index in [-0.39, 0.29) is 0 Å². The molecule has 0 saturated heterocycles. The summed E-state index contributed by atoms with van der Waals surface area (Å²) in [6.07, 6.45) is 0.653. The van der Waals surface area contributed by atoms with Crippen LogP contribution in [-0.2, 0) is 11.3 Å². The van der Waals surface area contributed by atoms with E-state index < -0.39 is 12.0 Å². The van der Waals surface area contributed by atoms with Gasteiger partial charge < -0.3 is 5.11 Å². The molecule has 0 aliphatic rings. The van der Waals surface area contributed by atoms with E-state index in [9.17, 15) is 9.90 Å². The highest BCUT2D eigenvalue weighted by Crippen LogP contribution is 2.25. The monoisotopic (exact) mass is 277 g/mol. The summed E-state index contributed by atoms with van der Waals surface area (Å²) >= 11 is 1.71. The molecule has 4 heteroatoms. The summed E-state index contributed by atoms with van der Waals surface area (Å²) in [7, 11) is 0. The summed E-state index contributed by atoms with van der Waals surface area (Å²) in [6, 6.07) is 9.87. The van der Waals surface area contributed by atoms with E-state index in [1.165, 1.54) is 15.0 Å². The molecular formula is C15H19NO2S.